The van der Waals surface area contributed by atoms with Crippen molar-refractivity contribution in [3.8, 4) is 11.4 Å². The van der Waals surface area contributed by atoms with Crippen LogP contribution >= 0.6 is 22.6 Å². The van der Waals surface area contributed by atoms with Gasteiger partial charge < -0.3 is 10.5 Å². The fourth-order valence-corrected chi connectivity index (χ4v) is 2.83. The van der Waals surface area contributed by atoms with E-state index in [9.17, 15) is 0 Å². The van der Waals surface area contributed by atoms with Crippen LogP contribution in [0.1, 0.15) is 13.3 Å². The van der Waals surface area contributed by atoms with Gasteiger partial charge >= 0.3 is 0 Å². The summed E-state index contributed by atoms with van der Waals surface area (Å²) in [7, 11) is 0. The highest BCUT2D eigenvalue weighted by molar-refractivity contribution is 14.1. The van der Waals surface area contributed by atoms with Gasteiger partial charge in [0.2, 0.25) is 5.95 Å². The van der Waals surface area contributed by atoms with E-state index in [0.29, 0.717) is 12.6 Å². The molecule has 0 aliphatic carbocycles. The number of nitrogens with zero attached hydrogens (tertiary/aromatic N) is 2. The molecule has 0 atom stereocenters. The van der Waals surface area contributed by atoms with Crippen LogP contribution in [0, 0.1) is 3.57 Å². The average molecular weight is 393 g/mol. The maximum absolute atomic E-state index is 6.13. The molecule has 4 nitrogen and oxygen atoms in total. The van der Waals surface area contributed by atoms with Crippen LogP contribution < -0.4 is 10.5 Å². The number of imidazole rings is 1. The number of halogens is 1. The Hall–Kier alpha value is -1.76. The van der Waals surface area contributed by atoms with Crippen molar-refractivity contribution in [1.82, 2.24) is 9.55 Å². The van der Waals surface area contributed by atoms with Crippen molar-refractivity contribution in [3.05, 3.63) is 46.0 Å². The Morgan fingerprint density at radius 2 is 2.05 bits per heavy atom. The van der Waals surface area contributed by atoms with Crippen molar-refractivity contribution in [2.75, 3.05) is 12.3 Å². The zero-order valence-corrected chi connectivity index (χ0v) is 13.9. The zero-order valence-electron chi connectivity index (χ0n) is 11.7. The van der Waals surface area contributed by atoms with E-state index in [1.165, 1.54) is 0 Å². The summed E-state index contributed by atoms with van der Waals surface area (Å²) < 4.78 is 8.88. The molecule has 0 bridgehead atoms. The van der Waals surface area contributed by atoms with Crippen LogP contribution in [0.4, 0.5) is 5.95 Å². The largest absolute Gasteiger partial charge is 0.491 e. The lowest BCUT2D eigenvalue weighted by molar-refractivity contribution is 0.320. The molecule has 0 fully saturated rings. The number of fused-ring (bicyclic) bond motifs is 1. The van der Waals surface area contributed by atoms with E-state index >= 15 is 0 Å². The van der Waals surface area contributed by atoms with Gasteiger partial charge in [0.05, 0.1) is 17.8 Å². The van der Waals surface area contributed by atoms with Gasteiger partial charge in [0.15, 0.2) is 0 Å². The normalized spacial score (nSPS) is 11.0. The minimum absolute atomic E-state index is 0.472. The Morgan fingerprint density at radius 1 is 1.24 bits per heavy atom. The number of nitrogen functional groups attached to an aromatic ring is 1. The van der Waals surface area contributed by atoms with Gasteiger partial charge in [-0.2, -0.15) is 0 Å². The molecule has 2 N–H and O–H groups in total. The third-order valence-electron chi connectivity index (χ3n) is 3.20. The molecule has 0 spiro atoms. The highest BCUT2D eigenvalue weighted by Gasteiger charge is 2.13. The minimum atomic E-state index is 0.472. The summed E-state index contributed by atoms with van der Waals surface area (Å²) in [5.41, 5.74) is 8.90. The number of hydrogen-bond acceptors (Lipinski definition) is 3. The first-order valence-corrected chi connectivity index (χ1v) is 7.94. The highest BCUT2D eigenvalue weighted by Crippen LogP contribution is 2.30. The summed E-state index contributed by atoms with van der Waals surface area (Å²) in [5.74, 6) is 1.25. The van der Waals surface area contributed by atoms with Crippen LogP contribution in [0.25, 0.3) is 16.7 Å². The average Bonchev–Trinajstić information content (AvgIpc) is 2.81. The molecule has 108 valence electrons. The Kier molecular flexibility index (Phi) is 4.01. The van der Waals surface area contributed by atoms with E-state index in [4.69, 9.17) is 10.5 Å². The summed E-state index contributed by atoms with van der Waals surface area (Å²) in [6.07, 6.45) is 0.962. The molecule has 0 saturated carbocycles. The number of benzene rings is 2. The number of rotatable bonds is 4. The van der Waals surface area contributed by atoms with E-state index in [2.05, 4.69) is 46.6 Å². The van der Waals surface area contributed by atoms with Crippen molar-refractivity contribution in [2.45, 2.75) is 13.3 Å². The lowest BCUT2D eigenvalue weighted by Crippen LogP contribution is -2.00. The number of ether oxygens (including phenoxy) is 1. The lowest BCUT2D eigenvalue weighted by atomic mass is 10.2. The predicted molar refractivity (Wildman–Crippen MR) is 94.0 cm³/mol. The van der Waals surface area contributed by atoms with Crippen molar-refractivity contribution in [3.63, 3.8) is 0 Å². The Balaban J connectivity index is 2.18. The first-order chi connectivity index (χ1) is 10.2. The van der Waals surface area contributed by atoms with Crippen molar-refractivity contribution in [1.29, 1.82) is 0 Å². The molecule has 3 rings (SSSR count). The summed E-state index contributed by atoms with van der Waals surface area (Å²) in [6.45, 7) is 2.76. The number of para-hydroxylation sites is 1. The van der Waals surface area contributed by atoms with Gasteiger partial charge in [0.25, 0.3) is 0 Å². The van der Waals surface area contributed by atoms with Gasteiger partial charge in [0, 0.05) is 3.57 Å². The highest BCUT2D eigenvalue weighted by atomic mass is 127. The topological polar surface area (TPSA) is 53.1 Å². The molecule has 0 saturated heterocycles. The molecule has 2 aromatic carbocycles. The Morgan fingerprint density at radius 3 is 2.81 bits per heavy atom. The molecule has 21 heavy (non-hydrogen) atoms. The fourth-order valence-electron chi connectivity index (χ4n) is 2.31. The van der Waals surface area contributed by atoms with Crippen LogP contribution in [0.5, 0.6) is 5.75 Å². The van der Waals surface area contributed by atoms with Gasteiger partial charge in [0.1, 0.15) is 11.3 Å². The summed E-state index contributed by atoms with van der Waals surface area (Å²) in [4.78, 5) is 4.49. The second-order valence-corrected chi connectivity index (χ2v) is 6.00. The molecule has 0 unspecified atom stereocenters. The minimum Gasteiger partial charge on any atom is -0.491 e. The smallest absolute Gasteiger partial charge is 0.206 e. The molecule has 0 amide bonds. The second-order valence-electron chi connectivity index (χ2n) is 4.76. The quantitative estimate of drug-likeness (QED) is 0.682. The number of hydrogen-bond donors (Lipinski definition) is 1. The van der Waals surface area contributed by atoms with Gasteiger partial charge in [-0.1, -0.05) is 19.1 Å². The number of aromatic nitrogens is 2. The maximum atomic E-state index is 6.13. The van der Waals surface area contributed by atoms with Crippen LogP contribution in [0.2, 0.25) is 0 Å². The first-order valence-electron chi connectivity index (χ1n) is 6.86. The third-order valence-corrected chi connectivity index (χ3v) is 3.87. The van der Waals surface area contributed by atoms with E-state index in [0.717, 1.165) is 32.5 Å². The predicted octanol–water partition coefficient (Wildman–Crippen LogP) is 4.00. The zero-order chi connectivity index (χ0) is 14.8. The number of anilines is 1. The van der Waals surface area contributed by atoms with Crippen molar-refractivity contribution in [2.24, 2.45) is 0 Å². The molecule has 0 radical (unpaired) electrons. The Labute approximate surface area is 137 Å². The molecule has 1 heterocycles. The van der Waals surface area contributed by atoms with Crippen LogP contribution in [0.3, 0.4) is 0 Å². The van der Waals surface area contributed by atoms with Crippen LogP contribution in [-0.2, 0) is 0 Å². The molecule has 5 heteroatoms. The molecular weight excluding hydrogens is 377 g/mol. The standard InChI is InChI=1S/C16H16IN3O/c1-2-9-21-14-8-4-7-13-15(14)19-16(18)20(13)12-6-3-5-11(17)10-12/h3-8,10H,2,9H2,1H3,(H2,18,19). The van der Waals surface area contributed by atoms with E-state index in [1.807, 2.05) is 34.9 Å². The summed E-state index contributed by atoms with van der Waals surface area (Å²) in [5, 5.41) is 0. The van der Waals surface area contributed by atoms with Gasteiger partial charge in [-0.3, -0.25) is 4.57 Å². The van der Waals surface area contributed by atoms with Crippen LogP contribution in [-0.4, -0.2) is 16.2 Å². The third kappa shape index (κ3) is 2.70. The van der Waals surface area contributed by atoms with Crippen molar-refractivity contribution >= 4 is 39.6 Å². The second kappa shape index (κ2) is 5.93. The van der Waals surface area contributed by atoms with E-state index in [1.54, 1.807) is 0 Å². The molecule has 0 aliphatic rings. The van der Waals surface area contributed by atoms with E-state index in [-0.39, 0.29) is 0 Å². The lowest BCUT2D eigenvalue weighted by Gasteiger charge is -2.08. The fraction of sp³-hybridized carbons (Fsp3) is 0.188. The Bertz CT molecular complexity index is 782. The van der Waals surface area contributed by atoms with Gasteiger partial charge in [-0.05, 0) is 59.3 Å². The summed E-state index contributed by atoms with van der Waals surface area (Å²) >= 11 is 2.29. The van der Waals surface area contributed by atoms with E-state index < -0.39 is 0 Å². The SMILES string of the molecule is CCCOc1cccc2c1nc(N)n2-c1cccc(I)c1. The van der Waals surface area contributed by atoms with Gasteiger partial charge in [-0.15, -0.1) is 0 Å². The molecule has 3 aromatic rings. The molecule has 1 aromatic heterocycles. The van der Waals surface area contributed by atoms with Gasteiger partial charge in [-0.25, -0.2) is 4.98 Å². The monoisotopic (exact) mass is 393 g/mol. The van der Waals surface area contributed by atoms with Crippen LogP contribution in [0.15, 0.2) is 42.5 Å². The molecule has 0 aliphatic heterocycles. The molecular formula is C16H16IN3O. The summed E-state index contributed by atoms with van der Waals surface area (Å²) in [6, 6.07) is 14.1. The first kappa shape index (κ1) is 14.2. The van der Waals surface area contributed by atoms with Crippen molar-refractivity contribution < 1.29 is 4.74 Å². The number of nitrogens with two attached hydrogens (primary N) is 1. The maximum Gasteiger partial charge on any atom is 0.206 e.